The third-order valence-corrected chi connectivity index (χ3v) is 6.85. The molecule has 2 amide bonds. The van der Waals surface area contributed by atoms with Gasteiger partial charge in [0.05, 0.1) is 0 Å². The molecule has 2 aliphatic rings. The van der Waals surface area contributed by atoms with E-state index in [1.165, 1.54) is 0 Å². The molecule has 0 radical (unpaired) electrons. The minimum absolute atomic E-state index is 0.147. The molecular weight excluding hydrogens is 336 g/mol. The molecule has 27 heavy (non-hydrogen) atoms. The zero-order valence-corrected chi connectivity index (χ0v) is 18.4. The second-order valence-electron chi connectivity index (χ2n) is 9.78. The van der Waals surface area contributed by atoms with E-state index in [0.29, 0.717) is 36.0 Å². The molecule has 0 N–H and O–H groups in total. The Balaban J connectivity index is 1.69. The van der Waals surface area contributed by atoms with E-state index in [1.807, 2.05) is 0 Å². The highest BCUT2D eigenvalue weighted by Crippen LogP contribution is 2.30. The summed E-state index contributed by atoms with van der Waals surface area (Å²) >= 11 is 0. The summed E-state index contributed by atoms with van der Waals surface area (Å²) < 4.78 is 0. The maximum atomic E-state index is 12.7. The van der Waals surface area contributed by atoms with Crippen LogP contribution in [0.4, 0.5) is 0 Å². The van der Waals surface area contributed by atoms with Gasteiger partial charge in [-0.1, -0.05) is 34.6 Å². The average molecular weight is 379 g/mol. The monoisotopic (exact) mass is 378 g/mol. The standard InChI is InChI=1S/C23H42N2O2/c1-17(2)16-22(26)24-14-10-21(11-15-24)19(4)6-7-20(5)23(27)25-12-8-18(3)9-13-25/h17-21H,6-16H2,1-5H3. The Kier molecular flexibility index (Phi) is 8.62. The largest absolute Gasteiger partial charge is 0.343 e. The van der Waals surface area contributed by atoms with Crippen molar-refractivity contribution < 1.29 is 9.59 Å². The van der Waals surface area contributed by atoms with Gasteiger partial charge in [0, 0.05) is 38.5 Å². The van der Waals surface area contributed by atoms with E-state index in [0.717, 1.165) is 70.6 Å². The van der Waals surface area contributed by atoms with Crippen molar-refractivity contribution in [3.05, 3.63) is 0 Å². The number of nitrogens with zero attached hydrogens (tertiary/aromatic N) is 2. The smallest absolute Gasteiger partial charge is 0.225 e. The number of amides is 2. The topological polar surface area (TPSA) is 40.6 Å². The number of hydrogen-bond acceptors (Lipinski definition) is 2. The van der Waals surface area contributed by atoms with Crippen LogP contribution in [0.15, 0.2) is 0 Å². The van der Waals surface area contributed by atoms with Crippen molar-refractivity contribution in [1.82, 2.24) is 9.80 Å². The van der Waals surface area contributed by atoms with Crippen LogP contribution in [0.5, 0.6) is 0 Å². The minimum Gasteiger partial charge on any atom is -0.343 e. The third-order valence-electron chi connectivity index (χ3n) is 6.85. The van der Waals surface area contributed by atoms with Gasteiger partial charge in [0.2, 0.25) is 11.8 Å². The molecular formula is C23H42N2O2. The summed E-state index contributed by atoms with van der Waals surface area (Å²) in [5.41, 5.74) is 0. The van der Waals surface area contributed by atoms with Gasteiger partial charge in [-0.25, -0.2) is 0 Å². The van der Waals surface area contributed by atoms with Crippen molar-refractivity contribution >= 4 is 11.8 Å². The molecule has 0 aromatic rings. The van der Waals surface area contributed by atoms with Gasteiger partial charge in [0.25, 0.3) is 0 Å². The van der Waals surface area contributed by atoms with Crippen LogP contribution in [0, 0.1) is 29.6 Å². The maximum Gasteiger partial charge on any atom is 0.225 e. The van der Waals surface area contributed by atoms with Gasteiger partial charge in [-0.3, -0.25) is 9.59 Å². The van der Waals surface area contributed by atoms with Crippen molar-refractivity contribution in [3.63, 3.8) is 0 Å². The summed E-state index contributed by atoms with van der Waals surface area (Å²) in [7, 11) is 0. The molecule has 0 aromatic heterocycles. The van der Waals surface area contributed by atoms with Crippen LogP contribution in [0.3, 0.4) is 0 Å². The van der Waals surface area contributed by atoms with Crippen molar-refractivity contribution in [2.24, 2.45) is 29.6 Å². The molecule has 0 aromatic carbocycles. The summed E-state index contributed by atoms with van der Waals surface area (Å²) in [5, 5.41) is 0. The van der Waals surface area contributed by atoms with E-state index in [1.54, 1.807) is 0 Å². The molecule has 0 bridgehead atoms. The maximum absolute atomic E-state index is 12.7. The molecule has 2 fully saturated rings. The molecule has 0 aliphatic carbocycles. The van der Waals surface area contributed by atoms with Crippen LogP contribution in [0.2, 0.25) is 0 Å². The molecule has 156 valence electrons. The Morgan fingerprint density at radius 2 is 1.41 bits per heavy atom. The fourth-order valence-electron chi connectivity index (χ4n) is 4.61. The van der Waals surface area contributed by atoms with Crippen molar-refractivity contribution in [1.29, 1.82) is 0 Å². The molecule has 2 atom stereocenters. The van der Waals surface area contributed by atoms with Gasteiger partial charge in [0.15, 0.2) is 0 Å². The average Bonchev–Trinajstić information content (AvgIpc) is 2.65. The normalized spacial score (nSPS) is 22.1. The van der Waals surface area contributed by atoms with Gasteiger partial charge >= 0.3 is 0 Å². The first-order chi connectivity index (χ1) is 12.8. The first-order valence-corrected chi connectivity index (χ1v) is 11.3. The van der Waals surface area contributed by atoms with Gasteiger partial charge in [0.1, 0.15) is 0 Å². The molecule has 2 aliphatic heterocycles. The SMILES string of the molecule is CC(C)CC(=O)N1CCC(C(C)CCC(C)C(=O)N2CCC(C)CC2)CC1. The lowest BCUT2D eigenvalue weighted by Gasteiger charge is -2.36. The Bertz CT molecular complexity index is 475. The highest BCUT2D eigenvalue weighted by Gasteiger charge is 2.28. The lowest BCUT2D eigenvalue weighted by atomic mass is 9.81. The third kappa shape index (κ3) is 6.80. The van der Waals surface area contributed by atoms with Crippen LogP contribution >= 0.6 is 0 Å². The molecule has 2 rings (SSSR count). The summed E-state index contributed by atoms with van der Waals surface area (Å²) in [5.74, 6) is 3.39. The highest BCUT2D eigenvalue weighted by molar-refractivity contribution is 5.78. The Morgan fingerprint density at radius 3 is 1.96 bits per heavy atom. The van der Waals surface area contributed by atoms with Gasteiger partial charge in [-0.15, -0.1) is 0 Å². The minimum atomic E-state index is 0.147. The van der Waals surface area contributed by atoms with Crippen LogP contribution in [-0.2, 0) is 9.59 Å². The summed E-state index contributed by atoms with van der Waals surface area (Å²) in [6, 6.07) is 0. The highest BCUT2D eigenvalue weighted by atomic mass is 16.2. The van der Waals surface area contributed by atoms with Crippen LogP contribution < -0.4 is 0 Å². The number of rotatable bonds is 7. The van der Waals surface area contributed by atoms with E-state index >= 15 is 0 Å². The molecule has 4 nitrogen and oxygen atoms in total. The van der Waals surface area contributed by atoms with Crippen LogP contribution in [-0.4, -0.2) is 47.8 Å². The molecule has 0 spiro atoms. The fraction of sp³-hybridized carbons (Fsp3) is 0.913. The molecule has 2 unspecified atom stereocenters. The molecule has 2 heterocycles. The number of piperidine rings is 2. The first kappa shape index (κ1) is 22.2. The Morgan fingerprint density at radius 1 is 0.852 bits per heavy atom. The van der Waals surface area contributed by atoms with Crippen molar-refractivity contribution in [2.75, 3.05) is 26.2 Å². The van der Waals surface area contributed by atoms with Gasteiger partial charge in [-0.05, 0) is 62.2 Å². The van der Waals surface area contributed by atoms with E-state index < -0.39 is 0 Å². The summed E-state index contributed by atoms with van der Waals surface area (Å²) in [4.78, 5) is 29.1. The number of likely N-dealkylation sites (tertiary alicyclic amines) is 2. The van der Waals surface area contributed by atoms with E-state index in [2.05, 4.69) is 44.4 Å². The van der Waals surface area contributed by atoms with Crippen molar-refractivity contribution in [3.8, 4) is 0 Å². The zero-order valence-electron chi connectivity index (χ0n) is 18.4. The van der Waals surface area contributed by atoms with Crippen molar-refractivity contribution in [2.45, 2.75) is 79.6 Å². The lowest BCUT2D eigenvalue weighted by molar-refractivity contribution is -0.137. The Hall–Kier alpha value is -1.06. The second-order valence-corrected chi connectivity index (χ2v) is 9.78. The summed E-state index contributed by atoms with van der Waals surface area (Å²) in [6.07, 6.45) is 7.36. The number of hydrogen-bond donors (Lipinski definition) is 0. The Labute approximate surface area is 167 Å². The van der Waals surface area contributed by atoms with E-state index in [4.69, 9.17) is 0 Å². The van der Waals surface area contributed by atoms with Gasteiger partial charge < -0.3 is 9.80 Å². The predicted octanol–water partition coefficient (Wildman–Crippen LogP) is 4.58. The second kappa shape index (κ2) is 10.5. The van der Waals surface area contributed by atoms with Crippen LogP contribution in [0.25, 0.3) is 0 Å². The quantitative estimate of drug-likeness (QED) is 0.650. The molecule has 0 saturated carbocycles. The predicted molar refractivity (Wildman–Crippen MR) is 111 cm³/mol. The number of carbonyl (C=O) groups is 2. The van der Waals surface area contributed by atoms with E-state index in [-0.39, 0.29) is 5.92 Å². The zero-order chi connectivity index (χ0) is 20.0. The fourth-order valence-corrected chi connectivity index (χ4v) is 4.61. The molecule has 4 heteroatoms. The van der Waals surface area contributed by atoms with E-state index in [9.17, 15) is 9.59 Å². The molecule has 2 saturated heterocycles. The first-order valence-electron chi connectivity index (χ1n) is 11.3. The summed E-state index contributed by atoms with van der Waals surface area (Å²) in [6.45, 7) is 14.7. The number of carbonyl (C=O) groups excluding carboxylic acids is 2. The van der Waals surface area contributed by atoms with Crippen LogP contribution in [0.1, 0.15) is 79.6 Å². The van der Waals surface area contributed by atoms with Gasteiger partial charge in [-0.2, -0.15) is 0 Å². The lowest BCUT2D eigenvalue weighted by Crippen LogP contribution is -2.41.